The second kappa shape index (κ2) is 3.63. The van der Waals surface area contributed by atoms with Gasteiger partial charge in [-0.25, -0.2) is 0 Å². The van der Waals surface area contributed by atoms with E-state index >= 15 is 0 Å². The van der Waals surface area contributed by atoms with Crippen LogP contribution in [0.25, 0.3) is 22.2 Å². The van der Waals surface area contributed by atoms with Crippen molar-refractivity contribution >= 4 is 11.0 Å². The minimum absolute atomic E-state index is 0.184. The van der Waals surface area contributed by atoms with Crippen LogP contribution in [-0.2, 0) is 0 Å². The van der Waals surface area contributed by atoms with Crippen molar-refractivity contribution in [2.24, 2.45) is 0 Å². The summed E-state index contributed by atoms with van der Waals surface area (Å²) >= 11 is 0. The number of hydrogen-bond donors (Lipinski definition) is 1. The maximum atomic E-state index is 9.36. The summed E-state index contributed by atoms with van der Waals surface area (Å²) in [4.78, 5) is 0. The molecule has 17 heavy (non-hydrogen) atoms. The summed E-state index contributed by atoms with van der Waals surface area (Å²) in [5.41, 5.74) is 3.62. The van der Waals surface area contributed by atoms with Crippen LogP contribution in [-0.4, -0.2) is 10.3 Å². The molecule has 1 aromatic heterocycles. The highest BCUT2D eigenvalue weighted by atomic mass is 16.5. The van der Waals surface area contributed by atoms with E-state index < -0.39 is 0 Å². The van der Waals surface area contributed by atoms with E-state index in [0.717, 1.165) is 16.6 Å². The highest BCUT2D eigenvalue weighted by Gasteiger charge is 2.10. The lowest BCUT2D eigenvalue weighted by Crippen LogP contribution is -1.78. The van der Waals surface area contributed by atoms with Crippen LogP contribution in [0.2, 0.25) is 0 Å². The molecule has 0 unspecified atom stereocenters. The molecule has 3 heteroatoms. The van der Waals surface area contributed by atoms with Crippen molar-refractivity contribution in [2.45, 2.75) is 6.92 Å². The Morgan fingerprint density at radius 3 is 2.59 bits per heavy atom. The molecule has 0 aliphatic rings. The molecule has 0 bridgehead atoms. The average Bonchev–Trinajstić information content (AvgIpc) is 2.73. The third-order valence-electron chi connectivity index (χ3n) is 2.78. The Morgan fingerprint density at radius 1 is 1.06 bits per heavy atom. The van der Waals surface area contributed by atoms with Gasteiger partial charge in [-0.05, 0) is 19.1 Å². The first-order valence-electron chi connectivity index (χ1n) is 5.39. The number of aryl methyl sites for hydroxylation is 1. The van der Waals surface area contributed by atoms with Gasteiger partial charge >= 0.3 is 0 Å². The highest BCUT2D eigenvalue weighted by Crippen LogP contribution is 2.29. The number of aromatic hydroxyl groups is 1. The molecule has 0 atom stereocenters. The minimum atomic E-state index is 0.184. The van der Waals surface area contributed by atoms with Crippen LogP contribution in [0, 0.1) is 6.92 Å². The summed E-state index contributed by atoms with van der Waals surface area (Å²) in [5.74, 6) is 0.184. The molecule has 1 heterocycles. The molecule has 84 valence electrons. The van der Waals surface area contributed by atoms with Gasteiger partial charge in [0.15, 0.2) is 5.58 Å². The molecule has 0 amide bonds. The number of phenols is 1. The molecule has 0 fully saturated rings. The normalized spacial score (nSPS) is 10.9. The molecule has 2 aromatic carbocycles. The number of benzene rings is 2. The van der Waals surface area contributed by atoms with Gasteiger partial charge in [-0.2, -0.15) is 0 Å². The highest BCUT2D eigenvalue weighted by molar-refractivity contribution is 5.92. The predicted molar refractivity (Wildman–Crippen MR) is 65.8 cm³/mol. The molecule has 0 saturated carbocycles. The number of phenolic OH excluding ortho intramolecular Hbond substituents is 1. The van der Waals surface area contributed by atoms with Gasteiger partial charge in [0.05, 0.1) is 0 Å². The van der Waals surface area contributed by atoms with Gasteiger partial charge in [0.2, 0.25) is 0 Å². The number of rotatable bonds is 1. The van der Waals surface area contributed by atoms with Crippen molar-refractivity contribution in [2.75, 3.05) is 0 Å². The molecular formula is C14H11NO2. The maximum Gasteiger partial charge on any atom is 0.171 e. The minimum Gasteiger partial charge on any atom is -0.508 e. The predicted octanol–water partition coefficient (Wildman–Crippen LogP) is 3.51. The zero-order chi connectivity index (χ0) is 11.8. The molecular weight excluding hydrogens is 214 g/mol. The quantitative estimate of drug-likeness (QED) is 0.689. The fraction of sp³-hybridized carbons (Fsp3) is 0.0714. The smallest absolute Gasteiger partial charge is 0.171 e. The van der Waals surface area contributed by atoms with Crippen LogP contribution in [0.3, 0.4) is 0 Å². The zero-order valence-electron chi connectivity index (χ0n) is 9.34. The lowest BCUT2D eigenvalue weighted by atomic mass is 10.1. The van der Waals surface area contributed by atoms with Crippen LogP contribution in [0.4, 0.5) is 0 Å². The van der Waals surface area contributed by atoms with E-state index in [1.54, 1.807) is 12.1 Å². The third kappa shape index (κ3) is 1.65. The van der Waals surface area contributed by atoms with Crippen LogP contribution < -0.4 is 0 Å². The summed E-state index contributed by atoms with van der Waals surface area (Å²) in [6.45, 7) is 2.04. The van der Waals surface area contributed by atoms with Gasteiger partial charge in [0.25, 0.3) is 0 Å². The Balaban J connectivity index is 2.21. The van der Waals surface area contributed by atoms with Gasteiger partial charge in [0.1, 0.15) is 11.4 Å². The van der Waals surface area contributed by atoms with E-state index in [2.05, 4.69) is 5.16 Å². The van der Waals surface area contributed by atoms with Crippen molar-refractivity contribution in [1.29, 1.82) is 0 Å². The summed E-state index contributed by atoms with van der Waals surface area (Å²) < 4.78 is 5.20. The van der Waals surface area contributed by atoms with Gasteiger partial charge in [-0.3, -0.25) is 0 Å². The topological polar surface area (TPSA) is 46.3 Å². The summed E-state index contributed by atoms with van der Waals surface area (Å²) in [7, 11) is 0. The van der Waals surface area contributed by atoms with Crippen molar-refractivity contribution in [3.05, 3.63) is 48.0 Å². The molecule has 0 spiro atoms. The first-order valence-corrected chi connectivity index (χ1v) is 5.39. The van der Waals surface area contributed by atoms with E-state index in [-0.39, 0.29) is 5.75 Å². The Bertz CT molecular complexity index is 668. The third-order valence-corrected chi connectivity index (χ3v) is 2.78. The number of nitrogens with zero attached hydrogens (tertiary/aromatic N) is 1. The lowest BCUT2D eigenvalue weighted by molar-refractivity contribution is 0.451. The summed E-state index contributed by atoms with van der Waals surface area (Å²) in [6, 6.07) is 13.1. The van der Waals surface area contributed by atoms with Gasteiger partial charge in [0, 0.05) is 17.0 Å². The van der Waals surface area contributed by atoms with Crippen LogP contribution in [0.15, 0.2) is 47.0 Å². The van der Waals surface area contributed by atoms with Crippen molar-refractivity contribution in [3.8, 4) is 17.0 Å². The second-order valence-electron chi connectivity index (χ2n) is 4.08. The fourth-order valence-corrected chi connectivity index (χ4v) is 1.85. The zero-order valence-corrected chi connectivity index (χ0v) is 9.34. The van der Waals surface area contributed by atoms with Crippen LogP contribution >= 0.6 is 0 Å². The standard InChI is InChI=1S/C14H11NO2/c1-9-2-4-10(5-3-9)14-12-7-6-11(16)8-13(12)17-15-14/h2-8,16H,1H3. The maximum absolute atomic E-state index is 9.36. The number of hydrogen-bond acceptors (Lipinski definition) is 3. The van der Waals surface area contributed by atoms with Crippen molar-refractivity contribution < 1.29 is 9.63 Å². The molecule has 3 nitrogen and oxygen atoms in total. The summed E-state index contributed by atoms with van der Waals surface area (Å²) in [6.07, 6.45) is 0. The Morgan fingerprint density at radius 2 is 1.82 bits per heavy atom. The molecule has 0 radical (unpaired) electrons. The van der Waals surface area contributed by atoms with Gasteiger partial charge in [-0.1, -0.05) is 35.0 Å². The van der Waals surface area contributed by atoms with Gasteiger partial charge in [-0.15, -0.1) is 0 Å². The van der Waals surface area contributed by atoms with E-state index in [1.165, 1.54) is 5.56 Å². The molecule has 3 aromatic rings. The number of fused-ring (bicyclic) bond motifs is 1. The van der Waals surface area contributed by atoms with Crippen LogP contribution in [0.5, 0.6) is 5.75 Å². The van der Waals surface area contributed by atoms with E-state index in [9.17, 15) is 5.11 Å². The Kier molecular flexibility index (Phi) is 2.11. The first-order chi connectivity index (χ1) is 8.24. The van der Waals surface area contributed by atoms with Crippen LogP contribution in [0.1, 0.15) is 5.56 Å². The molecule has 0 aliphatic heterocycles. The lowest BCUT2D eigenvalue weighted by Gasteiger charge is -1.97. The Labute approximate surface area is 98.3 Å². The van der Waals surface area contributed by atoms with E-state index in [0.29, 0.717) is 5.58 Å². The average molecular weight is 225 g/mol. The van der Waals surface area contributed by atoms with E-state index in [1.807, 2.05) is 37.3 Å². The first kappa shape index (κ1) is 9.90. The largest absolute Gasteiger partial charge is 0.508 e. The second-order valence-corrected chi connectivity index (χ2v) is 4.08. The fourth-order valence-electron chi connectivity index (χ4n) is 1.85. The number of aromatic nitrogens is 1. The van der Waals surface area contributed by atoms with Crippen molar-refractivity contribution in [3.63, 3.8) is 0 Å². The SMILES string of the molecule is Cc1ccc(-c2noc3cc(O)ccc23)cc1. The molecule has 0 saturated heterocycles. The van der Waals surface area contributed by atoms with Gasteiger partial charge < -0.3 is 9.63 Å². The van der Waals surface area contributed by atoms with E-state index in [4.69, 9.17) is 4.52 Å². The molecule has 3 rings (SSSR count). The molecule has 0 aliphatic carbocycles. The Hall–Kier alpha value is -2.29. The molecule has 1 N–H and O–H groups in total. The summed E-state index contributed by atoms with van der Waals surface area (Å²) in [5, 5.41) is 14.3. The van der Waals surface area contributed by atoms with Crippen molar-refractivity contribution in [1.82, 2.24) is 5.16 Å². The monoisotopic (exact) mass is 225 g/mol.